The molecule has 1 fully saturated rings. The molecule has 1 saturated heterocycles. The van der Waals surface area contributed by atoms with Crippen LogP contribution in [0.3, 0.4) is 0 Å². The van der Waals surface area contributed by atoms with E-state index in [4.69, 9.17) is 14.7 Å². The van der Waals surface area contributed by atoms with Crippen LogP contribution in [0.2, 0.25) is 0 Å². The van der Waals surface area contributed by atoms with Crippen molar-refractivity contribution in [3.05, 3.63) is 16.1 Å². The van der Waals surface area contributed by atoms with E-state index in [0.29, 0.717) is 0 Å². The number of guanidine groups is 1. The lowest BCUT2D eigenvalue weighted by Gasteiger charge is -2.26. The Morgan fingerprint density at radius 2 is 2.04 bits per heavy atom. The summed E-state index contributed by atoms with van der Waals surface area (Å²) < 4.78 is 5.38. The molecule has 0 bridgehead atoms. The van der Waals surface area contributed by atoms with Gasteiger partial charge in [0.15, 0.2) is 5.96 Å². The van der Waals surface area contributed by atoms with Crippen molar-refractivity contribution in [3.63, 3.8) is 0 Å². The van der Waals surface area contributed by atoms with Crippen LogP contribution in [0.4, 0.5) is 0 Å². The van der Waals surface area contributed by atoms with Gasteiger partial charge in [0.25, 0.3) is 0 Å². The summed E-state index contributed by atoms with van der Waals surface area (Å²) in [6.07, 6.45) is 2.01. The molecule has 0 saturated carbocycles. The monoisotopic (exact) mass is 509 g/mol. The molecule has 0 atom stereocenters. The summed E-state index contributed by atoms with van der Waals surface area (Å²) in [5.41, 5.74) is 1.31. The third kappa shape index (κ3) is 9.54. The molecular formula is C19H36IN5OS. The topological polar surface area (TPSA) is 61.8 Å². The Balaban J connectivity index is 0.00000364. The van der Waals surface area contributed by atoms with Crippen LogP contribution in [0.15, 0.2) is 10.4 Å². The molecule has 2 N–H and O–H groups in total. The maximum Gasteiger partial charge on any atom is 0.191 e. The van der Waals surface area contributed by atoms with E-state index >= 15 is 0 Å². The molecule has 1 aromatic heterocycles. The van der Waals surface area contributed by atoms with Gasteiger partial charge >= 0.3 is 0 Å². The second-order valence-corrected chi connectivity index (χ2v) is 8.56. The van der Waals surface area contributed by atoms with E-state index in [0.717, 1.165) is 71.3 Å². The lowest BCUT2D eigenvalue weighted by Crippen LogP contribution is -2.39. The fraction of sp³-hybridized carbons (Fsp3) is 0.789. The average Bonchev–Trinajstić information content (AvgIpc) is 3.09. The highest BCUT2D eigenvalue weighted by atomic mass is 127. The second-order valence-electron chi connectivity index (χ2n) is 7.62. The van der Waals surface area contributed by atoms with Crippen molar-refractivity contribution in [2.75, 3.05) is 52.5 Å². The molecule has 1 aliphatic rings. The number of nitrogens with zero attached hydrogens (tertiary/aromatic N) is 3. The summed E-state index contributed by atoms with van der Waals surface area (Å²) >= 11 is 1.75. The normalized spacial score (nSPS) is 16.1. The Morgan fingerprint density at radius 1 is 1.30 bits per heavy atom. The van der Waals surface area contributed by atoms with Gasteiger partial charge in [-0.2, -0.15) is 0 Å². The van der Waals surface area contributed by atoms with Gasteiger partial charge in [-0.1, -0.05) is 20.8 Å². The number of aromatic nitrogens is 1. The van der Waals surface area contributed by atoms with E-state index in [9.17, 15) is 0 Å². The van der Waals surface area contributed by atoms with Crippen molar-refractivity contribution in [2.24, 2.45) is 4.99 Å². The number of ether oxygens (including phenoxy) is 1. The third-order valence-electron chi connectivity index (χ3n) is 4.30. The van der Waals surface area contributed by atoms with Crippen molar-refractivity contribution in [1.29, 1.82) is 0 Å². The molecule has 2 heterocycles. The van der Waals surface area contributed by atoms with Gasteiger partial charge in [-0.25, -0.2) is 4.98 Å². The van der Waals surface area contributed by atoms with Crippen LogP contribution in [-0.4, -0.2) is 68.3 Å². The molecule has 0 radical (unpaired) electrons. The van der Waals surface area contributed by atoms with Gasteiger partial charge in [0, 0.05) is 56.5 Å². The first-order chi connectivity index (χ1) is 12.5. The zero-order valence-corrected chi connectivity index (χ0v) is 20.4. The van der Waals surface area contributed by atoms with Gasteiger partial charge in [0.2, 0.25) is 0 Å². The lowest BCUT2D eigenvalue weighted by atomic mass is 9.93. The number of hydrogen-bond acceptors (Lipinski definition) is 5. The van der Waals surface area contributed by atoms with Crippen molar-refractivity contribution >= 4 is 41.3 Å². The number of aliphatic imine (C=N–C) groups is 1. The quantitative estimate of drug-likeness (QED) is 0.244. The largest absolute Gasteiger partial charge is 0.379 e. The molecule has 1 aliphatic heterocycles. The SMILES string of the molecule is CCNC(=NCCCN1CCOCC1)NCCc1nc(C(C)(C)C)cs1.I. The van der Waals surface area contributed by atoms with Gasteiger partial charge in [0.1, 0.15) is 0 Å². The van der Waals surface area contributed by atoms with Gasteiger partial charge in [-0.05, 0) is 13.3 Å². The van der Waals surface area contributed by atoms with E-state index in [1.54, 1.807) is 11.3 Å². The molecule has 0 amide bonds. The Hall–Kier alpha value is -0.450. The standard InChI is InChI=1S/C19H35N5OS.HI/c1-5-20-18(21-8-6-10-24-11-13-25-14-12-24)22-9-7-17-23-16(15-26-17)19(2,3)4;/h15H,5-14H2,1-4H3,(H2,20,21,22);1H. The summed E-state index contributed by atoms with van der Waals surface area (Å²) in [7, 11) is 0. The number of halogens is 1. The number of hydrogen-bond donors (Lipinski definition) is 2. The van der Waals surface area contributed by atoms with E-state index in [-0.39, 0.29) is 29.4 Å². The zero-order valence-electron chi connectivity index (χ0n) is 17.2. The fourth-order valence-corrected chi connectivity index (χ4v) is 3.73. The molecule has 0 spiro atoms. The first kappa shape index (κ1) is 24.6. The first-order valence-corrected chi connectivity index (χ1v) is 10.6. The van der Waals surface area contributed by atoms with Crippen molar-refractivity contribution in [2.45, 2.75) is 46.0 Å². The zero-order chi connectivity index (χ0) is 18.8. The maximum atomic E-state index is 5.38. The molecule has 156 valence electrons. The maximum absolute atomic E-state index is 5.38. The van der Waals surface area contributed by atoms with Crippen LogP contribution in [0.5, 0.6) is 0 Å². The first-order valence-electron chi connectivity index (χ1n) is 9.76. The number of rotatable bonds is 8. The minimum absolute atomic E-state index is 0. The summed E-state index contributed by atoms with van der Waals surface area (Å²) in [5, 5.41) is 10.1. The van der Waals surface area contributed by atoms with Gasteiger partial charge in [-0.3, -0.25) is 9.89 Å². The second kappa shape index (κ2) is 12.9. The average molecular weight is 510 g/mol. The molecule has 1 aromatic rings. The van der Waals surface area contributed by atoms with Crippen molar-refractivity contribution in [1.82, 2.24) is 20.5 Å². The number of nitrogens with one attached hydrogen (secondary N) is 2. The highest BCUT2D eigenvalue weighted by molar-refractivity contribution is 14.0. The van der Waals surface area contributed by atoms with Gasteiger partial charge < -0.3 is 15.4 Å². The molecule has 2 rings (SSSR count). The Labute approximate surface area is 185 Å². The van der Waals surface area contributed by atoms with Crippen molar-refractivity contribution < 1.29 is 4.74 Å². The van der Waals surface area contributed by atoms with E-state index < -0.39 is 0 Å². The molecule has 0 aliphatic carbocycles. The van der Waals surface area contributed by atoms with E-state index in [1.807, 2.05) is 0 Å². The Kier molecular flexibility index (Phi) is 11.7. The van der Waals surface area contributed by atoms with Crippen LogP contribution >= 0.6 is 35.3 Å². The van der Waals surface area contributed by atoms with Crippen LogP contribution < -0.4 is 10.6 Å². The summed E-state index contributed by atoms with van der Waals surface area (Å²) in [6.45, 7) is 16.2. The van der Waals surface area contributed by atoms with E-state index in [2.05, 4.69) is 48.6 Å². The molecular weight excluding hydrogens is 473 g/mol. The third-order valence-corrected chi connectivity index (χ3v) is 5.21. The molecule has 6 nitrogen and oxygen atoms in total. The lowest BCUT2D eigenvalue weighted by molar-refractivity contribution is 0.0377. The van der Waals surface area contributed by atoms with Gasteiger partial charge in [0.05, 0.1) is 23.9 Å². The van der Waals surface area contributed by atoms with Crippen molar-refractivity contribution in [3.8, 4) is 0 Å². The highest BCUT2D eigenvalue weighted by Crippen LogP contribution is 2.23. The van der Waals surface area contributed by atoms with Crippen LogP contribution in [0.1, 0.15) is 44.8 Å². The summed E-state index contributed by atoms with van der Waals surface area (Å²) in [4.78, 5) is 11.9. The predicted octanol–water partition coefficient (Wildman–Crippen LogP) is 2.88. The Bertz CT molecular complexity index is 553. The van der Waals surface area contributed by atoms with Gasteiger partial charge in [-0.15, -0.1) is 35.3 Å². The fourth-order valence-electron chi connectivity index (χ4n) is 2.71. The minimum Gasteiger partial charge on any atom is -0.379 e. The summed E-state index contributed by atoms with van der Waals surface area (Å²) in [6, 6.07) is 0. The molecule has 0 aromatic carbocycles. The van der Waals surface area contributed by atoms with Crippen LogP contribution in [0, 0.1) is 0 Å². The molecule has 8 heteroatoms. The Morgan fingerprint density at radius 3 is 2.67 bits per heavy atom. The minimum atomic E-state index is 0. The van der Waals surface area contributed by atoms with Crippen LogP contribution in [0.25, 0.3) is 0 Å². The molecule has 27 heavy (non-hydrogen) atoms. The van der Waals surface area contributed by atoms with Crippen LogP contribution in [-0.2, 0) is 16.6 Å². The van der Waals surface area contributed by atoms with E-state index in [1.165, 1.54) is 10.7 Å². The number of morpholine rings is 1. The molecule has 0 unspecified atom stereocenters. The predicted molar refractivity (Wildman–Crippen MR) is 126 cm³/mol. The summed E-state index contributed by atoms with van der Waals surface area (Å²) in [5.74, 6) is 0.905. The highest BCUT2D eigenvalue weighted by Gasteiger charge is 2.17. The smallest absolute Gasteiger partial charge is 0.191 e. The number of thiazole rings is 1.